The van der Waals surface area contributed by atoms with Crippen LogP contribution >= 0.6 is 0 Å². The predicted molar refractivity (Wildman–Crippen MR) is 130 cm³/mol. The number of piperidine rings is 1. The van der Waals surface area contributed by atoms with Crippen molar-refractivity contribution in [2.45, 2.75) is 58.0 Å². The van der Waals surface area contributed by atoms with Crippen molar-refractivity contribution in [1.82, 2.24) is 9.80 Å². The van der Waals surface area contributed by atoms with Gasteiger partial charge in [0.2, 0.25) is 0 Å². The highest BCUT2D eigenvalue weighted by atomic mass is 19.4. The molecule has 3 rings (SSSR count). The van der Waals surface area contributed by atoms with Crippen LogP contribution in [0.1, 0.15) is 55.1 Å². The minimum Gasteiger partial charge on any atom is -0.487 e. The van der Waals surface area contributed by atoms with Crippen molar-refractivity contribution in [3.63, 3.8) is 0 Å². The number of carbonyl (C=O) groups is 2. The number of likely N-dealkylation sites (N-methyl/N-ethyl adjacent to an activating group) is 1. The van der Waals surface area contributed by atoms with E-state index in [1.165, 1.54) is 16.8 Å². The second kappa shape index (κ2) is 10.7. The zero-order chi connectivity index (χ0) is 26.7. The largest absolute Gasteiger partial charge is 0.487 e. The quantitative estimate of drug-likeness (QED) is 0.553. The minimum atomic E-state index is -4.81. The Hall–Kier alpha value is -3.43. The lowest BCUT2D eigenvalue weighted by atomic mass is 10.0. The van der Waals surface area contributed by atoms with Crippen LogP contribution in [0.3, 0.4) is 0 Å². The van der Waals surface area contributed by atoms with Crippen molar-refractivity contribution in [2.24, 2.45) is 0 Å². The number of alkyl halides is 3. The van der Waals surface area contributed by atoms with Crippen LogP contribution in [0.4, 0.5) is 23.7 Å². The van der Waals surface area contributed by atoms with Gasteiger partial charge in [-0.3, -0.25) is 4.79 Å². The summed E-state index contributed by atoms with van der Waals surface area (Å²) in [4.78, 5) is 28.4. The first kappa shape index (κ1) is 27.2. The number of hydrogen-bond acceptors (Lipinski definition) is 5. The van der Waals surface area contributed by atoms with Gasteiger partial charge in [-0.2, -0.15) is 13.2 Å². The fraction of sp³-hybridized carbons (Fsp3) is 0.462. The lowest BCUT2D eigenvalue weighted by Gasteiger charge is -2.38. The maximum atomic E-state index is 14.0. The van der Waals surface area contributed by atoms with E-state index >= 15 is 0 Å². The van der Waals surface area contributed by atoms with E-state index < -0.39 is 40.9 Å². The molecule has 196 valence electrons. The highest BCUT2D eigenvalue weighted by Crippen LogP contribution is 2.38. The maximum Gasteiger partial charge on any atom is 0.417 e. The summed E-state index contributed by atoms with van der Waals surface area (Å²) in [5, 5.41) is 0. The van der Waals surface area contributed by atoms with Crippen LogP contribution < -0.4 is 10.5 Å². The molecule has 1 aliphatic heterocycles. The smallest absolute Gasteiger partial charge is 0.417 e. The number of carbonyl (C=O) groups excluding carboxylic acids is 2. The van der Waals surface area contributed by atoms with Gasteiger partial charge < -0.3 is 25.0 Å². The monoisotopic (exact) mass is 507 g/mol. The molecule has 7 nitrogen and oxygen atoms in total. The Kier molecular flexibility index (Phi) is 8.05. The maximum absolute atomic E-state index is 14.0. The molecule has 0 bridgehead atoms. The summed E-state index contributed by atoms with van der Waals surface area (Å²) in [6.45, 7) is 5.88. The number of hydrogen-bond donors (Lipinski definition) is 1. The molecule has 2 amide bonds. The number of likely N-dealkylation sites (tertiary alicyclic amines) is 1. The number of nitrogen functional groups attached to an aromatic ring is 1. The fourth-order valence-electron chi connectivity index (χ4n) is 3.99. The number of nitrogens with zero attached hydrogens (tertiary/aromatic N) is 2. The van der Waals surface area contributed by atoms with Crippen LogP contribution in [0.2, 0.25) is 0 Å². The van der Waals surface area contributed by atoms with Gasteiger partial charge in [-0.05, 0) is 51.3 Å². The second-order valence-corrected chi connectivity index (χ2v) is 9.85. The Morgan fingerprint density at radius 3 is 2.42 bits per heavy atom. The Labute approximate surface area is 208 Å². The third-order valence-corrected chi connectivity index (χ3v) is 5.84. The molecule has 10 heteroatoms. The first-order valence-electron chi connectivity index (χ1n) is 11.7. The molecule has 0 spiro atoms. The van der Waals surface area contributed by atoms with E-state index in [0.29, 0.717) is 19.4 Å². The Morgan fingerprint density at radius 2 is 1.81 bits per heavy atom. The van der Waals surface area contributed by atoms with Gasteiger partial charge in [-0.15, -0.1) is 0 Å². The number of amides is 2. The minimum absolute atomic E-state index is 0.0259. The van der Waals surface area contributed by atoms with E-state index in [1.54, 1.807) is 45.0 Å². The highest BCUT2D eigenvalue weighted by Gasteiger charge is 2.39. The van der Waals surface area contributed by atoms with E-state index in [-0.39, 0.29) is 24.6 Å². The van der Waals surface area contributed by atoms with E-state index in [9.17, 15) is 22.8 Å². The van der Waals surface area contributed by atoms with Crippen LogP contribution in [0.25, 0.3) is 0 Å². The molecule has 1 saturated heterocycles. The fourth-order valence-corrected chi connectivity index (χ4v) is 3.99. The van der Waals surface area contributed by atoms with Gasteiger partial charge in [0.05, 0.1) is 16.8 Å². The molecule has 0 aromatic heterocycles. The highest BCUT2D eigenvalue weighted by molar-refractivity contribution is 5.97. The summed E-state index contributed by atoms with van der Waals surface area (Å²) >= 11 is 0. The molecule has 2 N–H and O–H groups in total. The Balaban J connectivity index is 1.81. The van der Waals surface area contributed by atoms with Crippen molar-refractivity contribution in [2.75, 3.05) is 25.9 Å². The molecule has 1 heterocycles. The lowest BCUT2D eigenvalue weighted by Crippen LogP contribution is -2.51. The summed E-state index contributed by atoms with van der Waals surface area (Å²) < 4.78 is 52.9. The zero-order valence-corrected chi connectivity index (χ0v) is 20.9. The predicted octanol–water partition coefficient (Wildman–Crippen LogP) is 5.34. The summed E-state index contributed by atoms with van der Waals surface area (Å²) in [5.41, 5.74) is 4.31. The number of benzene rings is 2. The number of halogens is 3. The van der Waals surface area contributed by atoms with Crippen molar-refractivity contribution in [3.05, 3.63) is 59.2 Å². The van der Waals surface area contributed by atoms with Crippen molar-refractivity contribution >= 4 is 17.7 Å². The van der Waals surface area contributed by atoms with Crippen LogP contribution in [0.15, 0.2) is 42.5 Å². The summed E-state index contributed by atoms with van der Waals surface area (Å²) in [6.07, 6.45) is -4.20. The molecular weight excluding hydrogens is 475 g/mol. The normalized spacial score (nSPS) is 16.4. The number of rotatable bonds is 5. The zero-order valence-electron chi connectivity index (χ0n) is 20.9. The summed E-state index contributed by atoms with van der Waals surface area (Å²) in [6, 6.07) is 10.2. The average molecular weight is 508 g/mol. The molecule has 0 radical (unpaired) electrons. The van der Waals surface area contributed by atoms with Gasteiger partial charge in [0, 0.05) is 26.2 Å². The van der Waals surface area contributed by atoms with Gasteiger partial charge in [-0.25, -0.2) is 4.79 Å². The van der Waals surface area contributed by atoms with Crippen molar-refractivity contribution in [3.8, 4) is 5.75 Å². The molecular formula is C26H32F3N3O4. The summed E-state index contributed by atoms with van der Waals surface area (Å²) in [5.74, 6) is -0.987. The van der Waals surface area contributed by atoms with E-state index in [2.05, 4.69) is 0 Å². The van der Waals surface area contributed by atoms with Crippen LogP contribution in [0.5, 0.6) is 5.75 Å². The molecule has 0 saturated carbocycles. The van der Waals surface area contributed by atoms with E-state index in [4.69, 9.17) is 15.2 Å². The molecule has 2 aromatic carbocycles. The Morgan fingerprint density at radius 1 is 1.14 bits per heavy atom. The lowest BCUT2D eigenvalue weighted by molar-refractivity contribution is -0.138. The summed E-state index contributed by atoms with van der Waals surface area (Å²) in [7, 11) is 1.43. The molecule has 36 heavy (non-hydrogen) atoms. The second-order valence-electron chi connectivity index (χ2n) is 9.85. The van der Waals surface area contributed by atoms with Gasteiger partial charge in [0.1, 0.15) is 18.0 Å². The van der Waals surface area contributed by atoms with Crippen molar-refractivity contribution in [1.29, 1.82) is 0 Å². The van der Waals surface area contributed by atoms with Gasteiger partial charge in [0.15, 0.2) is 0 Å². The molecule has 1 aliphatic rings. The van der Waals surface area contributed by atoms with Gasteiger partial charge >= 0.3 is 12.3 Å². The SMILES string of the molecule is CN(C(=O)c1cc(N)c(OCc2ccccc2)cc1C(F)(F)F)[C@@H]1CCCN(C(=O)OC(C)(C)C)C1. The van der Waals surface area contributed by atoms with Crippen molar-refractivity contribution < 1.29 is 32.2 Å². The topological polar surface area (TPSA) is 85.1 Å². The molecule has 2 aromatic rings. The first-order valence-corrected chi connectivity index (χ1v) is 11.7. The van der Waals surface area contributed by atoms with Gasteiger partial charge in [0.25, 0.3) is 5.91 Å². The molecule has 1 fully saturated rings. The average Bonchev–Trinajstić information content (AvgIpc) is 2.81. The molecule has 1 atom stereocenters. The van der Waals surface area contributed by atoms with Crippen LogP contribution in [-0.2, 0) is 17.5 Å². The molecule has 0 unspecified atom stereocenters. The van der Waals surface area contributed by atoms with Crippen LogP contribution in [-0.4, -0.2) is 53.6 Å². The van der Waals surface area contributed by atoms with Crippen LogP contribution in [0, 0.1) is 0 Å². The van der Waals surface area contributed by atoms with Gasteiger partial charge in [-0.1, -0.05) is 30.3 Å². The number of nitrogens with two attached hydrogens (primary N) is 1. The third-order valence-electron chi connectivity index (χ3n) is 5.84. The number of anilines is 1. The van der Waals surface area contributed by atoms with E-state index in [1.807, 2.05) is 6.07 Å². The first-order chi connectivity index (χ1) is 16.8. The number of ether oxygens (including phenoxy) is 2. The standard InChI is InChI=1S/C26H32F3N3O4/c1-25(2,3)36-24(34)32-12-8-11-18(15-32)31(4)23(33)19-13-21(30)22(14-20(19)26(27,28)29)35-16-17-9-6-5-7-10-17/h5-7,9-10,13-14,18H,8,11-12,15-16,30H2,1-4H3/t18-/m1/s1. The molecule has 0 aliphatic carbocycles. The third kappa shape index (κ3) is 6.83. The van der Waals surface area contributed by atoms with E-state index in [0.717, 1.165) is 17.7 Å². The Bertz CT molecular complexity index is 1080.